The van der Waals surface area contributed by atoms with Crippen LogP contribution in [0, 0.1) is 25.2 Å². The number of furan rings is 1. The lowest BCUT2D eigenvalue weighted by atomic mass is 10.2. The molecule has 2 aromatic heterocycles. The molecule has 1 amide bonds. The van der Waals surface area contributed by atoms with Crippen molar-refractivity contribution in [3.05, 3.63) is 107 Å². The largest absolute Gasteiger partial charge is 0.486 e. The number of hydrogen-bond donors (Lipinski definition) is 1. The fraction of sp³-hybridized carbons (Fsp3) is 0.115. The van der Waals surface area contributed by atoms with Gasteiger partial charge in [-0.15, -0.1) is 0 Å². The van der Waals surface area contributed by atoms with Crippen LogP contribution in [-0.4, -0.2) is 16.7 Å². The van der Waals surface area contributed by atoms with E-state index in [0.717, 1.165) is 11.3 Å². The van der Waals surface area contributed by atoms with E-state index >= 15 is 0 Å². The molecule has 7 heteroatoms. The summed E-state index contributed by atoms with van der Waals surface area (Å²) in [5, 5.41) is 12.7. The van der Waals surface area contributed by atoms with E-state index in [0.29, 0.717) is 17.1 Å². The summed E-state index contributed by atoms with van der Waals surface area (Å²) in [4.78, 5) is 12.2. The summed E-state index contributed by atoms with van der Waals surface area (Å²) in [6, 6.07) is 24.1. The number of amides is 1. The molecule has 1 N–H and O–H groups in total. The molecule has 33 heavy (non-hydrogen) atoms. The Kier molecular flexibility index (Phi) is 6.37. The standard InChI is InChI=1S/C26H22N4O3/c1-18-3-4-19(2)30(18)22-9-11-23(12-10-22)32-17-24-13-14-25(33-24)26(31)29-28-16-21-7-5-20(15-27)6-8-21/h3-14,16H,17H2,1-2H3,(H,29,31). The molecule has 0 atom stereocenters. The number of rotatable bonds is 7. The highest BCUT2D eigenvalue weighted by molar-refractivity contribution is 5.92. The topological polar surface area (TPSA) is 92.5 Å². The van der Waals surface area contributed by atoms with Gasteiger partial charge in [-0.25, -0.2) is 5.43 Å². The predicted octanol–water partition coefficient (Wildman–Crippen LogP) is 4.90. The van der Waals surface area contributed by atoms with Gasteiger partial charge in [0.2, 0.25) is 0 Å². The lowest BCUT2D eigenvalue weighted by Gasteiger charge is -2.10. The van der Waals surface area contributed by atoms with Crippen LogP contribution in [0.5, 0.6) is 5.75 Å². The number of nitriles is 1. The van der Waals surface area contributed by atoms with Crippen molar-refractivity contribution in [3.63, 3.8) is 0 Å². The van der Waals surface area contributed by atoms with E-state index in [-0.39, 0.29) is 12.4 Å². The van der Waals surface area contributed by atoms with Crippen LogP contribution < -0.4 is 10.2 Å². The van der Waals surface area contributed by atoms with Gasteiger partial charge in [0.15, 0.2) is 5.76 Å². The summed E-state index contributed by atoms with van der Waals surface area (Å²) in [7, 11) is 0. The average molecular weight is 438 g/mol. The molecule has 0 spiro atoms. The molecule has 0 saturated heterocycles. The zero-order valence-electron chi connectivity index (χ0n) is 18.3. The SMILES string of the molecule is Cc1ccc(C)n1-c1ccc(OCc2ccc(C(=O)NN=Cc3ccc(C#N)cc3)o2)cc1. The number of nitrogens with zero attached hydrogens (tertiary/aromatic N) is 3. The van der Waals surface area contributed by atoms with Gasteiger partial charge < -0.3 is 13.7 Å². The maximum absolute atomic E-state index is 12.2. The zero-order chi connectivity index (χ0) is 23.2. The third-order valence-corrected chi connectivity index (χ3v) is 5.05. The number of carbonyl (C=O) groups excluding carboxylic acids is 1. The molecule has 0 aliphatic rings. The first-order valence-corrected chi connectivity index (χ1v) is 10.3. The van der Waals surface area contributed by atoms with Gasteiger partial charge in [-0.2, -0.15) is 10.4 Å². The highest BCUT2D eigenvalue weighted by atomic mass is 16.5. The number of ether oxygens (including phenoxy) is 1. The highest BCUT2D eigenvalue weighted by Crippen LogP contribution is 2.21. The van der Waals surface area contributed by atoms with Crippen LogP contribution in [0.4, 0.5) is 0 Å². The van der Waals surface area contributed by atoms with Gasteiger partial charge >= 0.3 is 5.91 Å². The maximum atomic E-state index is 12.2. The van der Waals surface area contributed by atoms with Gasteiger partial charge in [0.1, 0.15) is 18.1 Å². The Morgan fingerprint density at radius 3 is 2.39 bits per heavy atom. The molecule has 0 bridgehead atoms. The number of benzene rings is 2. The first kappa shape index (κ1) is 21.7. The second-order valence-corrected chi connectivity index (χ2v) is 7.43. The van der Waals surface area contributed by atoms with E-state index in [1.54, 1.807) is 36.4 Å². The van der Waals surface area contributed by atoms with Gasteiger partial charge in [-0.1, -0.05) is 12.1 Å². The summed E-state index contributed by atoms with van der Waals surface area (Å²) in [6.45, 7) is 4.34. The minimum Gasteiger partial charge on any atom is -0.486 e. The lowest BCUT2D eigenvalue weighted by molar-refractivity contribution is 0.0923. The molecule has 7 nitrogen and oxygen atoms in total. The molecule has 4 aromatic rings. The van der Waals surface area contributed by atoms with E-state index in [9.17, 15) is 4.79 Å². The number of aromatic nitrogens is 1. The highest BCUT2D eigenvalue weighted by Gasteiger charge is 2.11. The Balaban J connectivity index is 1.30. The van der Waals surface area contributed by atoms with Gasteiger partial charge in [-0.3, -0.25) is 4.79 Å². The van der Waals surface area contributed by atoms with Crippen molar-refractivity contribution < 1.29 is 13.9 Å². The Labute approximate surface area is 191 Å². The third kappa shape index (κ3) is 5.20. The van der Waals surface area contributed by atoms with E-state index in [4.69, 9.17) is 14.4 Å². The van der Waals surface area contributed by atoms with Crippen LogP contribution in [0.2, 0.25) is 0 Å². The summed E-state index contributed by atoms with van der Waals surface area (Å²) >= 11 is 0. The lowest BCUT2D eigenvalue weighted by Crippen LogP contribution is -2.16. The molecule has 0 aliphatic carbocycles. The summed E-state index contributed by atoms with van der Waals surface area (Å²) in [5.41, 5.74) is 7.15. The Morgan fingerprint density at radius 2 is 1.73 bits per heavy atom. The van der Waals surface area contributed by atoms with Crippen molar-refractivity contribution in [2.45, 2.75) is 20.5 Å². The summed E-state index contributed by atoms with van der Waals surface area (Å²) in [6.07, 6.45) is 1.49. The Morgan fingerprint density at radius 1 is 1.03 bits per heavy atom. The smallest absolute Gasteiger partial charge is 0.307 e. The fourth-order valence-corrected chi connectivity index (χ4v) is 3.36. The van der Waals surface area contributed by atoms with Crippen LogP contribution in [0.15, 0.2) is 82.3 Å². The zero-order valence-corrected chi connectivity index (χ0v) is 18.3. The normalized spacial score (nSPS) is 10.8. The van der Waals surface area contributed by atoms with Crippen LogP contribution in [-0.2, 0) is 6.61 Å². The van der Waals surface area contributed by atoms with E-state index in [1.807, 2.05) is 30.3 Å². The van der Waals surface area contributed by atoms with Crippen molar-refractivity contribution in [3.8, 4) is 17.5 Å². The van der Waals surface area contributed by atoms with E-state index < -0.39 is 5.91 Å². The molecule has 0 radical (unpaired) electrons. The molecule has 0 saturated carbocycles. The van der Waals surface area contributed by atoms with Gasteiger partial charge in [0.05, 0.1) is 17.8 Å². The van der Waals surface area contributed by atoms with E-state index in [2.05, 4.69) is 41.1 Å². The maximum Gasteiger partial charge on any atom is 0.307 e. The number of aryl methyl sites for hydroxylation is 2. The van der Waals surface area contributed by atoms with Gasteiger partial charge in [0, 0.05) is 17.1 Å². The number of hydrazone groups is 1. The quantitative estimate of drug-likeness (QED) is 0.328. The van der Waals surface area contributed by atoms with Crippen molar-refractivity contribution in [1.29, 1.82) is 5.26 Å². The first-order chi connectivity index (χ1) is 16.0. The number of nitrogens with one attached hydrogen (secondary N) is 1. The second kappa shape index (κ2) is 9.71. The van der Waals surface area contributed by atoms with Crippen molar-refractivity contribution in [2.24, 2.45) is 5.10 Å². The average Bonchev–Trinajstić information content (AvgIpc) is 3.45. The minimum atomic E-state index is -0.465. The second-order valence-electron chi connectivity index (χ2n) is 7.43. The molecule has 0 unspecified atom stereocenters. The molecule has 0 aliphatic heterocycles. The Hall–Kier alpha value is -4.57. The third-order valence-electron chi connectivity index (χ3n) is 5.05. The van der Waals surface area contributed by atoms with Gasteiger partial charge in [-0.05, 0) is 80.1 Å². The number of carbonyl (C=O) groups is 1. The van der Waals surface area contributed by atoms with Gasteiger partial charge in [0.25, 0.3) is 0 Å². The van der Waals surface area contributed by atoms with Crippen molar-refractivity contribution >= 4 is 12.1 Å². The van der Waals surface area contributed by atoms with Crippen LogP contribution in [0.25, 0.3) is 5.69 Å². The van der Waals surface area contributed by atoms with Crippen molar-refractivity contribution in [1.82, 2.24) is 9.99 Å². The summed E-state index contributed by atoms with van der Waals surface area (Å²) in [5.74, 6) is 0.903. The molecular weight excluding hydrogens is 416 g/mol. The Bertz CT molecular complexity index is 1300. The van der Waals surface area contributed by atoms with Crippen molar-refractivity contribution in [2.75, 3.05) is 0 Å². The van der Waals surface area contributed by atoms with Crippen LogP contribution in [0.1, 0.15) is 38.8 Å². The number of hydrogen-bond acceptors (Lipinski definition) is 5. The molecule has 2 heterocycles. The fourth-order valence-electron chi connectivity index (χ4n) is 3.36. The van der Waals surface area contributed by atoms with Crippen LogP contribution in [0.3, 0.4) is 0 Å². The monoisotopic (exact) mass is 438 g/mol. The molecule has 2 aromatic carbocycles. The molecule has 4 rings (SSSR count). The molecule has 164 valence electrons. The first-order valence-electron chi connectivity index (χ1n) is 10.3. The predicted molar refractivity (Wildman–Crippen MR) is 125 cm³/mol. The molecular formula is C26H22N4O3. The minimum absolute atomic E-state index is 0.138. The summed E-state index contributed by atoms with van der Waals surface area (Å²) < 4.78 is 13.5. The molecule has 0 fully saturated rings. The van der Waals surface area contributed by atoms with Crippen LogP contribution >= 0.6 is 0 Å². The van der Waals surface area contributed by atoms with E-state index in [1.165, 1.54) is 17.6 Å².